The van der Waals surface area contributed by atoms with E-state index in [4.69, 9.17) is 0 Å². The number of hydrogen-bond acceptors (Lipinski definition) is 3. The fraction of sp³-hybridized carbons (Fsp3) is 0.133. The number of thiazole rings is 1. The molecule has 0 unspecified atom stereocenters. The number of hydrogen-bond donors (Lipinski definition) is 1. The van der Waals surface area contributed by atoms with Crippen LogP contribution in [0.1, 0.15) is 5.69 Å². The molecular weight excluding hydrogens is 240 g/mol. The van der Waals surface area contributed by atoms with Gasteiger partial charge in [-0.2, -0.15) is 0 Å². The summed E-state index contributed by atoms with van der Waals surface area (Å²) in [6.07, 6.45) is 0. The first-order valence-corrected chi connectivity index (χ1v) is 6.83. The molecule has 2 aromatic carbocycles. The van der Waals surface area contributed by atoms with Crippen LogP contribution in [0.3, 0.4) is 0 Å². The summed E-state index contributed by atoms with van der Waals surface area (Å²) in [6, 6.07) is 14.8. The molecule has 0 aliphatic carbocycles. The van der Waals surface area contributed by atoms with Gasteiger partial charge in [0, 0.05) is 17.5 Å². The smallest absolute Gasteiger partial charge is 0.124 e. The van der Waals surface area contributed by atoms with E-state index in [1.165, 1.54) is 16.3 Å². The van der Waals surface area contributed by atoms with E-state index in [-0.39, 0.29) is 0 Å². The van der Waals surface area contributed by atoms with Crippen LogP contribution in [0.25, 0.3) is 21.3 Å². The molecule has 1 aromatic heterocycles. The molecule has 3 rings (SSSR count). The minimum atomic E-state index is 0.821. The van der Waals surface area contributed by atoms with Crippen molar-refractivity contribution < 1.29 is 0 Å². The lowest BCUT2D eigenvalue weighted by Crippen LogP contribution is -2.04. The molecule has 0 aliphatic heterocycles. The van der Waals surface area contributed by atoms with Crippen LogP contribution in [-0.2, 0) is 6.54 Å². The van der Waals surface area contributed by atoms with Gasteiger partial charge in [0.2, 0.25) is 0 Å². The van der Waals surface area contributed by atoms with Crippen molar-refractivity contribution in [3.05, 3.63) is 53.5 Å². The van der Waals surface area contributed by atoms with Crippen LogP contribution < -0.4 is 5.32 Å². The molecule has 0 bridgehead atoms. The topological polar surface area (TPSA) is 24.9 Å². The van der Waals surface area contributed by atoms with Gasteiger partial charge in [0.05, 0.1) is 5.69 Å². The lowest BCUT2D eigenvalue weighted by molar-refractivity contribution is 0.798. The Kier molecular flexibility index (Phi) is 3.09. The molecule has 3 aromatic rings. The number of fused-ring (bicyclic) bond motifs is 1. The summed E-state index contributed by atoms with van der Waals surface area (Å²) in [6.45, 7) is 0.821. The Morgan fingerprint density at radius 3 is 2.83 bits per heavy atom. The largest absolute Gasteiger partial charge is 0.314 e. The molecule has 0 spiro atoms. The SMILES string of the molecule is CNCc1csc(-c2cccc3ccccc23)n1. The minimum Gasteiger partial charge on any atom is -0.314 e. The molecule has 0 amide bonds. The van der Waals surface area contributed by atoms with Crippen molar-refractivity contribution >= 4 is 22.1 Å². The molecule has 0 saturated heterocycles. The van der Waals surface area contributed by atoms with Crippen LogP contribution in [0.2, 0.25) is 0 Å². The number of aromatic nitrogens is 1. The summed E-state index contributed by atoms with van der Waals surface area (Å²) in [5.41, 5.74) is 2.32. The number of benzene rings is 2. The summed E-state index contributed by atoms with van der Waals surface area (Å²) in [5.74, 6) is 0. The summed E-state index contributed by atoms with van der Waals surface area (Å²) in [4.78, 5) is 4.68. The van der Waals surface area contributed by atoms with Gasteiger partial charge in [-0.1, -0.05) is 42.5 Å². The zero-order valence-electron chi connectivity index (χ0n) is 10.2. The monoisotopic (exact) mass is 254 g/mol. The molecule has 0 aliphatic rings. The maximum Gasteiger partial charge on any atom is 0.124 e. The molecule has 90 valence electrons. The second-order valence-electron chi connectivity index (χ2n) is 4.20. The van der Waals surface area contributed by atoms with Gasteiger partial charge in [0.15, 0.2) is 0 Å². The summed E-state index contributed by atoms with van der Waals surface area (Å²) >= 11 is 1.71. The maximum absolute atomic E-state index is 4.68. The third-order valence-electron chi connectivity index (χ3n) is 2.93. The van der Waals surface area contributed by atoms with Crippen LogP contribution in [0.5, 0.6) is 0 Å². The minimum absolute atomic E-state index is 0.821. The highest BCUT2D eigenvalue weighted by Crippen LogP contribution is 2.30. The van der Waals surface area contributed by atoms with Gasteiger partial charge in [-0.05, 0) is 17.8 Å². The van der Waals surface area contributed by atoms with Crippen molar-refractivity contribution in [2.45, 2.75) is 6.54 Å². The van der Waals surface area contributed by atoms with Gasteiger partial charge in [-0.15, -0.1) is 11.3 Å². The van der Waals surface area contributed by atoms with Gasteiger partial charge in [-0.25, -0.2) is 4.98 Å². The summed E-state index contributed by atoms with van der Waals surface area (Å²) < 4.78 is 0. The van der Waals surface area contributed by atoms with E-state index in [0.29, 0.717) is 0 Å². The van der Waals surface area contributed by atoms with Crippen LogP contribution in [0.15, 0.2) is 47.8 Å². The molecule has 0 radical (unpaired) electrons. The average molecular weight is 254 g/mol. The Bertz CT molecular complexity index is 668. The second-order valence-corrected chi connectivity index (χ2v) is 5.06. The van der Waals surface area contributed by atoms with Gasteiger partial charge in [0.25, 0.3) is 0 Å². The number of rotatable bonds is 3. The van der Waals surface area contributed by atoms with Crippen molar-refractivity contribution in [3.63, 3.8) is 0 Å². The van der Waals surface area contributed by atoms with E-state index in [2.05, 4.69) is 58.1 Å². The number of nitrogens with zero attached hydrogens (tertiary/aromatic N) is 1. The third kappa shape index (κ3) is 2.03. The van der Waals surface area contributed by atoms with E-state index in [0.717, 1.165) is 17.2 Å². The fourth-order valence-corrected chi connectivity index (χ4v) is 2.96. The first kappa shape index (κ1) is 11.4. The van der Waals surface area contributed by atoms with Crippen molar-refractivity contribution in [1.82, 2.24) is 10.3 Å². The van der Waals surface area contributed by atoms with Crippen molar-refractivity contribution in [1.29, 1.82) is 0 Å². The Hall–Kier alpha value is -1.71. The summed E-state index contributed by atoms with van der Waals surface area (Å²) in [7, 11) is 1.94. The summed E-state index contributed by atoms with van der Waals surface area (Å²) in [5, 5.41) is 8.88. The third-order valence-corrected chi connectivity index (χ3v) is 3.85. The van der Waals surface area contributed by atoms with E-state index >= 15 is 0 Å². The molecule has 0 fully saturated rings. The first-order chi connectivity index (χ1) is 8.88. The average Bonchev–Trinajstić information content (AvgIpc) is 2.87. The Balaban J connectivity index is 2.12. The predicted molar refractivity (Wildman–Crippen MR) is 77.8 cm³/mol. The molecule has 0 atom stereocenters. The predicted octanol–water partition coefficient (Wildman–Crippen LogP) is 3.68. The molecule has 3 heteroatoms. The normalized spacial score (nSPS) is 10.9. The zero-order valence-corrected chi connectivity index (χ0v) is 11.0. The van der Waals surface area contributed by atoms with Gasteiger partial charge in [0.1, 0.15) is 5.01 Å². The van der Waals surface area contributed by atoms with Crippen LogP contribution in [0, 0.1) is 0 Å². The van der Waals surface area contributed by atoms with Gasteiger partial charge in [-0.3, -0.25) is 0 Å². The van der Waals surface area contributed by atoms with E-state index in [1.54, 1.807) is 11.3 Å². The van der Waals surface area contributed by atoms with Crippen molar-refractivity contribution in [2.75, 3.05) is 7.05 Å². The van der Waals surface area contributed by atoms with E-state index < -0.39 is 0 Å². The van der Waals surface area contributed by atoms with Crippen molar-refractivity contribution in [2.24, 2.45) is 0 Å². The Labute approximate surface area is 110 Å². The molecule has 2 nitrogen and oxygen atoms in total. The second kappa shape index (κ2) is 4.88. The highest BCUT2D eigenvalue weighted by Gasteiger charge is 2.07. The van der Waals surface area contributed by atoms with E-state index in [9.17, 15) is 0 Å². The molecular formula is C15H14N2S. The molecule has 1 N–H and O–H groups in total. The molecule has 18 heavy (non-hydrogen) atoms. The molecule has 0 saturated carbocycles. The van der Waals surface area contributed by atoms with Crippen LogP contribution >= 0.6 is 11.3 Å². The highest BCUT2D eigenvalue weighted by atomic mass is 32.1. The molecule has 1 heterocycles. The standard InChI is InChI=1S/C15H14N2S/c1-16-9-12-10-18-15(17-12)14-8-4-6-11-5-2-3-7-13(11)14/h2-8,10,16H,9H2,1H3. The van der Waals surface area contributed by atoms with Gasteiger partial charge >= 0.3 is 0 Å². The Morgan fingerprint density at radius 2 is 1.94 bits per heavy atom. The fourth-order valence-electron chi connectivity index (χ4n) is 2.10. The zero-order chi connectivity index (χ0) is 12.4. The van der Waals surface area contributed by atoms with Gasteiger partial charge < -0.3 is 5.32 Å². The highest BCUT2D eigenvalue weighted by molar-refractivity contribution is 7.13. The maximum atomic E-state index is 4.68. The quantitative estimate of drug-likeness (QED) is 0.771. The number of nitrogens with one attached hydrogen (secondary N) is 1. The lowest BCUT2D eigenvalue weighted by atomic mass is 10.1. The lowest BCUT2D eigenvalue weighted by Gasteiger charge is -2.03. The Morgan fingerprint density at radius 1 is 1.11 bits per heavy atom. The first-order valence-electron chi connectivity index (χ1n) is 5.95. The van der Waals surface area contributed by atoms with Crippen LogP contribution in [-0.4, -0.2) is 12.0 Å². The van der Waals surface area contributed by atoms with Crippen molar-refractivity contribution in [3.8, 4) is 10.6 Å². The van der Waals surface area contributed by atoms with E-state index in [1.807, 2.05) is 7.05 Å². The van der Waals surface area contributed by atoms with Crippen LogP contribution in [0.4, 0.5) is 0 Å².